The number of carbonyl (C=O) groups is 2. The normalized spacial score (nSPS) is 15.5. The second-order valence-corrected chi connectivity index (χ2v) is 9.16. The van der Waals surface area contributed by atoms with Gasteiger partial charge in [-0.05, 0) is 54.0 Å². The number of rotatable bonds is 5. The second kappa shape index (κ2) is 8.01. The largest absolute Gasteiger partial charge is 0.478 e. The Balaban J connectivity index is 1.97. The third-order valence-electron chi connectivity index (χ3n) is 5.19. The van der Waals surface area contributed by atoms with Gasteiger partial charge in [-0.3, -0.25) is 16.1 Å². The standard InChI is InChI=1S/C20H22F3N3O3S/c1-19(2)6-5-14-13(8-19)15(18(28)29)17(30-14)26-16(27)12-4-3-11(20(21,22)23)7-10(12)9-25-24/h3-4,7,25H,5-6,8-9,24H2,1-2H3,(H,26,27)(H,28,29). The van der Waals surface area contributed by atoms with Crippen LogP contribution in [0.5, 0.6) is 0 Å². The van der Waals surface area contributed by atoms with Crippen molar-refractivity contribution in [3.63, 3.8) is 0 Å². The minimum absolute atomic E-state index is 0.0102. The molecule has 0 radical (unpaired) electrons. The lowest BCUT2D eigenvalue weighted by Crippen LogP contribution is -2.25. The lowest BCUT2D eigenvalue weighted by Gasteiger charge is -2.29. The molecular formula is C20H22F3N3O3S. The first-order valence-electron chi connectivity index (χ1n) is 9.26. The molecular weight excluding hydrogens is 419 g/mol. The van der Waals surface area contributed by atoms with Crippen LogP contribution in [0, 0.1) is 5.41 Å². The number of hydrogen-bond acceptors (Lipinski definition) is 5. The van der Waals surface area contributed by atoms with Crippen molar-refractivity contribution in [1.29, 1.82) is 0 Å². The van der Waals surface area contributed by atoms with Crippen LogP contribution in [0.1, 0.15) is 62.6 Å². The van der Waals surface area contributed by atoms with E-state index in [1.807, 2.05) is 0 Å². The summed E-state index contributed by atoms with van der Waals surface area (Å²) >= 11 is 1.21. The Bertz CT molecular complexity index is 999. The number of amides is 1. The van der Waals surface area contributed by atoms with Gasteiger partial charge in [-0.1, -0.05) is 13.8 Å². The lowest BCUT2D eigenvalue weighted by atomic mass is 9.76. The van der Waals surface area contributed by atoms with Crippen LogP contribution in [0.15, 0.2) is 18.2 Å². The number of thiophene rings is 1. The van der Waals surface area contributed by atoms with E-state index < -0.39 is 23.6 Å². The quantitative estimate of drug-likeness (QED) is 0.411. The van der Waals surface area contributed by atoms with Gasteiger partial charge in [0.25, 0.3) is 5.91 Å². The highest BCUT2D eigenvalue weighted by atomic mass is 32.1. The van der Waals surface area contributed by atoms with Gasteiger partial charge >= 0.3 is 12.1 Å². The molecule has 0 atom stereocenters. The number of halogens is 3. The molecule has 0 aliphatic heterocycles. The maximum Gasteiger partial charge on any atom is 0.416 e. The molecule has 0 unspecified atom stereocenters. The summed E-state index contributed by atoms with van der Waals surface area (Å²) < 4.78 is 39.0. The highest BCUT2D eigenvalue weighted by molar-refractivity contribution is 7.17. The van der Waals surface area contributed by atoms with Crippen molar-refractivity contribution in [3.05, 3.63) is 50.9 Å². The molecule has 3 rings (SSSR count). The minimum atomic E-state index is -4.56. The van der Waals surface area contributed by atoms with E-state index in [9.17, 15) is 27.9 Å². The van der Waals surface area contributed by atoms with E-state index in [0.717, 1.165) is 35.1 Å². The number of benzene rings is 1. The molecule has 1 aliphatic carbocycles. The van der Waals surface area contributed by atoms with Gasteiger partial charge < -0.3 is 10.4 Å². The molecule has 1 heterocycles. The van der Waals surface area contributed by atoms with E-state index in [1.54, 1.807) is 0 Å². The number of hydrazine groups is 1. The number of hydrogen-bond donors (Lipinski definition) is 4. The summed E-state index contributed by atoms with van der Waals surface area (Å²) in [5.41, 5.74) is 2.14. The summed E-state index contributed by atoms with van der Waals surface area (Å²) in [7, 11) is 0. The molecule has 0 saturated heterocycles. The van der Waals surface area contributed by atoms with Crippen molar-refractivity contribution in [2.24, 2.45) is 11.3 Å². The Kier molecular flexibility index (Phi) is 5.94. The Morgan fingerprint density at radius 1 is 1.30 bits per heavy atom. The van der Waals surface area contributed by atoms with Gasteiger partial charge in [0.2, 0.25) is 0 Å². The summed E-state index contributed by atoms with van der Waals surface area (Å²) in [6.45, 7) is 3.96. The van der Waals surface area contributed by atoms with Crippen LogP contribution in [-0.2, 0) is 25.6 Å². The van der Waals surface area contributed by atoms with E-state index in [4.69, 9.17) is 5.84 Å². The number of aryl methyl sites for hydroxylation is 1. The molecule has 10 heteroatoms. The molecule has 1 aromatic heterocycles. The average molecular weight is 441 g/mol. The SMILES string of the molecule is CC1(C)CCc2sc(NC(=O)c3ccc(C(F)(F)F)cc3CNN)c(C(=O)O)c2C1. The molecule has 5 N–H and O–H groups in total. The number of nitrogens with two attached hydrogens (primary N) is 1. The number of carbonyl (C=O) groups excluding carboxylic acids is 1. The van der Waals surface area contributed by atoms with Crippen LogP contribution in [-0.4, -0.2) is 17.0 Å². The number of carboxylic acid groups (broad SMARTS) is 1. The van der Waals surface area contributed by atoms with Crippen LogP contribution < -0.4 is 16.6 Å². The summed E-state index contributed by atoms with van der Waals surface area (Å²) in [5, 5.41) is 12.5. The number of aromatic carboxylic acids is 1. The molecule has 162 valence electrons. The van der Waals surface area contributed by atoms with Crippen LogP contribution in [0.2, 0.25) is 0 Å². The molecule has 1 aromatic carbocycles. The van der Waals surface area contributed by atoms with E-state index >= 15 is 0 Å². The molecule has 0 spiro atoms. The highest BCUT2D eigenvalue weighted by Gasteiger charge is 2.34. The lowest BCUT2D eigenvalue weighted by molar-refractivity contribution is -0.137. The number of fused-ring (bicyclic) bond motifs is 1. The van der Waals surface area contributed by atoms with Crippen molar-refractivity contribution in [3.8, 4) is 0 Å². The maximum absolute atomic E-state index is 13.0. The summed E-state index contributed by atoms with van der Waals surface area (Å²) in [5.74, 6) is 3.43. The molecule has 1 aliphatic rings. The topological polar surface area (TPSA) is 104 Å². The van der Waals surface area contributed by atoms with Crippen molar-refractivity contribution >= 4 is 28.2 Å². The van der Waals surface area contributed by atoms with Gasteiger partial charge in [-0.15, -0.1) is 11.3 Å². The molecule has 2 aromatic rings. The van der Waals surface area contributed by atoms with Crippen LogP contribution in [0.25, 0.3) is 0 Å². The predicted molar refractivity (Wildman–Crippen MR) is 108 cm³/mol. The number of anilines is 1. The zero-order valence-corrected chi connectivity index (χ0v) is 17.3. The van der Waals surface area contributed by atoms with Crippen molar-refractivity contribution in [2.75, 3.05) is 5.32 Å². The predicted octanol–water partition coefficient (Wildman–Crippen LogP) is 4.20. The van der Waals surface area contributed by atoms with Crippen LogP contribution in [0.4, 0.5) is 18.2 Å². The van der Waals surface area contributed by atoms with Gasteiger partial charge in [-0.25, -0.2) is 4.79 Å². The third kappa shape index (κ3) is 4.50. The number of carboxylic acids is 1. The van der Waals surface area contributed by atoms with E-state index in [1.165, 1.54) is 11.3 Å². The van der Waals surface area contributed by atoms with Gasteiger partial charge in [0.15, 0.2) is 0 Å². The summed E-state index contributed by atoms with van der Waals surface area (Å²) in [4.78, 5) is 25.7. The minimum Gasteiger partial charge on any atom is -0.478 e. The van der Waals surface area contributed by atoms with Gasteiger partial charge in [0.05, 0.1) is 11.1 Å². The van der Waals surface area contributed by atoms with E-state index in [-0.39, 0.29) is 33.7 Å². The van der Waals surface area contributed by atoms with Crippen molar-refractivity contribution < 1.29 is 27.9 Å². The Labute approximate surface area is 175 Å². The molecule has 0 saturated carbocycles. The van der Waals surface area contributed by atoms with Crippen LogP contribution in [0.3, 0.4) is 0 Å². The zero-order valence-electron chi connectivity index (χ0n) is 16.4. The fourth-order valence-electron chi connectivity index (χ4n) is 3.65. The Hall–Kier alpha value is -2.43. The fraction of sp³-hybridized carbons (Fsp3) is 0.400. The summed E-state index contributed by atoms with van der Waals surface area (Å²) in [6, 6.07) is 2.74. The Morgan fingerprint density at radius 2 is 2.00 bits per heavy atom. The molecule has 30 heavy (non-hydrogen) atoms. The second-order valence-electron chi connectivity index (χ2n) is 8.06. The van der Waals surface area contributed by atoms with Gasteiger partial charge in [0.1, 0.15) is 5.00 Å². The van der Waals surface area contributed by atoms with Crippen molar-refractivity contribution in [1.82, 2.24) is 5.43 Å². The zero-order chi connectivity index (χ0) is 22.3. The smallest absolute Gasteiger partial charge is 0.416 e. The molecule has 1 amide bonds. The first-order valence-corrected chi connectivity index (χ1v) is 10.1. The van der Waals surface area contributed by atoms with Crippen molar-refractivity contribution in [2.45, 2.75) is 45.8 Å². The Morgan fingerprint density at radius 3 is 2.60 bits per heavy atom. The van der Waals surface area contributed by atoms with Gasteiger partial charge in [0, 0.05) is 17.0 Å². The molecule has 0 bridgehead atoms. The number of alkyl halides is 3. The third-order valence-corrected chi connectivity index (χ3v) is 6.39. The molecule has 6 nitrogen and oxygen atoms in total. The fourth-order valence-corrected chi connectivity index (χ4v) is 4.86. The van der Waals surface area contributed by atoms with Crippen LogP contribution >= 0.6 is 11.3 Å². The first kappa shape index (κ1) is 22.3. The average Bonchev–Trinajstić information content (AvgIpc) is 2.97. The van der Waals surface area contributed by atoms with Gasteiger partial charge in [-0.2, -0.15) is 13.2 Å². The summed E-state index contributed by atoms with van der Waals surface area (Å²) in [6.07, 6.45) is -2.36. The number of nitrogens with one attached hydrogen (secondary N) is 2. The van der Waals surface area contributed by atoms with E-state index in [2.05, 4.69) is 24.6 Å². The highest BCUT2D eigenvalue weighted by Crippen LogP contribution is 2.44. The maximum atomic E-state index is 13.0. The van der Waals surface area contributed by atoms with E-state index in [0.29, 0.717) is 12.8 Å². The first-order chi connectivity index (χ1) is 13.9. The molecule has 0 fully saturated rings. The monoisotopic (exact) mass is 441 g/mol.